The van der Waals surface area contributed by atoms with E-state index in [0.717, 1.165) is 43.7 Å². The van der Waals surface area contributed by atoms with E-state index in [1.54, 1.807) is 65.8 Å². The molecule has 1 amide bonds. The molecule has 0 unspecified atom stereocenters. The van der Waals surface area contributed by atoms with Crippen molar-refractivity contribution in [3.05, 3.63) is 89.2 Å². The number of rotatable bonds is 7. The molecule has 0 radical (unpaired) electrons. The smallest absolute Gasteiger partial charge is 0.258 e. The number of pyridine rings is 1. The molecule has 7 heteroatoms. The molecular formula is C26H27ClN4O2. The number of carbonyl (C=O) groups excluding carboxylic acids is 2. The number of aromatic nitrogens is 1. The van der Waals surface area contributed by atoms with Crippen molar-refractivity contribution in [3.63, 3.8) is 0 Å². The van der Waals surface area contributed by atoms with Crippen molar-refractivity contribution in [2.24, 2.45) is 5.92 Å². The van der Waals surface area contributed by atoms with E-state index in [-0.39, 0.29) is 17.6 Å². The van der Waals surface area contributed by atoms with Gasteiger partial charge in [-0.1, -0.05) is 11.6 Å². The summed E-state index contributed by atoms with van der Waals surface area (Å²) in [4.78, 5) is 34.3. The van der Waals surface area contributed by atoms with Crippen LogP contribution in [0.5, 0.6) is 0 Å². The van der Waals surface area contributed by atoms with Crippen LogP contribution < -0.4 is 10.6 Å². The molecule has 0 atom stereocenters. The summed E-state index contributed by atoms with van der Waals surface area (Å²) < 4.78 is 0. The number of anilines is 2. The number of Topliss-reactive ketones (excluding diaryl/α,β-unsaturated/α-hetero) is 1. The van der Waals surface area contributed by atoms with Crippen molar-refractivity contribution in [2.75, 3.05) is 36.8 Å². The molecule has 1 saturated heterocycles. The summed E-state index contributed by atoms with van der Waals surface area (Å²) >= 11 is 5.94. The fourth-order valence-corrected chi connectivity index (χ4v) is 4.28. The first-order valence-corrected chi connectivity index (χ1v) is 11.5. The van der Waals surface area contributed by atoms with Gasteiger partial charge in [-0.25, -0.2) is 0 Å². The van der Waals surface area contributed by atoms with Crippen LogP contribution in [0.2, 0.25) is 5.02 Å². The second-order valence-corrected chi connectivity index (χ2v) is 8.71. The maximum absolute atomic E-state index is 13.2. The lowest BCUT2D eigenvalue weighted by molar-refractivity contribution is 0.0841. The van der Waals surface area contributed by atoms with Gasteiger partial charge in [0.05, 0.1) is 11.9 Å². The number of ketones is 1. The Balaban J connectivity index is 1.37. The number of nitrogens with zero attached hydrogens (tertiary/aromatic N) is 3. The molecule has 1 aliphatic rings. The molecule has 170 valence electrons. The standard InChI is InChI=1S/C26H27ClN4O2/c27-22-7-3-19(4-8-22)25(32)20-11-14-30(15-12-20)16-17-31(24-2-1-13-29-18-24)26(33)21-5-9-23(28)10-6-21/h1-10,13,18,20H,11-12,14-17,28H2. The zero-order valence-electron chi connectivity index (χ0n) is 18.4. The number of amides is 1. The Morgan fingerprint density at radius 2 is 1.67 bits per heavy atom. The Morgan fingerprint density at radius 1 is 1.00 bits per heavy atom. The minimum absolute atomic E-state index is 0.0215. The largest absolute Gasteiger partial charge is 0.399 e. The Labute approximate surface area is 199 Å². The lowest BCUT2D eigenvalue weighted by Gasteiger charge is -2.33. The van der Waals surface area contributed by atoms with Crippen LogP contribution in [-0.4, -0.2) is 47.8 Å². The van der Waals surface area contributed by atoms with E-state index in [2.05, 4.69) is 9.88 Å². The van der Waals surface area contributed by atoms with Crippen LogP contribution in [0.15, 0.2) is 73.1 Å². The van der Waals surface area contributed by atoms with E-state index >= 15 is 0 Å². The second-order valence-electron chi connectivity index (χ2n) is 8.28. The summed E-state index contributed by atoms with van der Waals surface area (Å²) in [6.07, 6.45) is 5.00. The molecule has 33 heavy (non-hydrogen) atoms. The van der Waals surface area contributed by atoms with Crippen LogP contribution in [0.1, 0.15) is 33.6 Å². The van der Waals surface area contributed by atoms with Crippen LogP contribution in [0.4, 0.5) is 11.4 Å². The Morgan fingerprint density at radius 3 is 2.30 bits per heavy atom. The monoisotopic (exact) mass is 462 g/mol. The summed E-state index contributed by atoms with van der Waals surface area (Å²) in [5, 5.41) is 0.632. The average Bonchev–Trinajstić information content (AvgIpc) is 2.85. The molecule has 2 N–H and O–H groups in total. The molecule has 2 aromatic carbocycles. The van der Waals surface area contributed by atoms with Crippen LogP contribution >= 0.6 is 11.6 Å². The zero-order valence-corrected chi connectivity index (χ0v) is 19.1. The molecule has 1 aromatic heterocycles. The Hall–Kier alpha value is -3.22. The summed E-state index contributed by atoms with van der Waals surface area (Å²) in [7, 11) is 0. The molecular weight excluding hydrogens is 436 g/mol. The Kier molecular flexibility index (Phi) is 7.37. The molecule has 0 bridgehead atoms. The third-order valence-electron chi connectivity index (χ3n) is 6.09. The zero-order chi connectivity index (χ0) is 23.2. The third-order valence-corrected chi connectivity index (χ3v) is 6.34. The van der Waals surface area contributed by atoms with Crippen molar-refractivity contribution in [2.45, 2.75) is 12.8 Å². The van der Waals surface area contributed by atoms with E-state index in [1.165, 1.54) is 0 Å². The second kappa shape index (κ2) is 10.6. The third kappa shape index (κ3) is 5.78. The highest BCUT2D eigenvalue weighted by Gasteiger charge is 2.27. The van der Waals surface area contributed by atoms with Gasteiger partial charge in [0.25, 0.3) is 5.91 Å². The summed E-state index contributed by atoms with van der Waals surface area (Å²) in [5.74, 6) is 0.117. The molecule has 0 aliphatic carbocycles. The number of benzene rings is 2. The van der Waals surface area contributed by atoms with E-state index in [4.69, 9.17) is 17.3 Å². The molecule has 1 aliphatic heterocycles. The fourth-order valence-electron chi connectivity index (χ4n) is 4.15. The normalized spacial score (nSPS) is 14.7. The minimum atomic E-state index is -0.0872. The topological polar surface area (TPSA) is 79.5 Å². The van der Waals surface area contributed by atoms with Crippen molar-refractivity contribution in [1.29, 1.82) is 0 Å². The molecule has 0 spiro atoms. The highest BCUT2D eigenvalue weighted by molar-refractivity contribution is 6.30. The quantitative estimate of drug-likeness (QED) is 0.411. The number of nitrogen functional groups attached to an aromatic ring is 1. The predicted molar refractivity (Wildman–Crippen MR) is 132 cm³/mol. The van der Waals surface area contributed by atoms with Gasteiger partial charge in [0, 0.05) is 47.0 Å². The number of hydrogen-bond donors (Lipinski definition) is 1. The SMILES string of the molecule is Nc1ccc(C(=O)N(CCN2CCC(C(=O)c3ccc(Cl)cc3)CC2)c2cccnc2)cc1. The fraction of sp³-hybridized carbons (Fsp3) is 0.269. The number of halogens is 1. The van der Waals surface area contributed by atoms with E-state index in [1.807, 2.05) is 12.1 Å². The predicted octanol–water partition coefficient (Wildman–Crippen LogP) is 4.56. The van der Waals surface area contributed by atoms with Gasteiger partial charge < -0.3 is 15.5 Å². The van der Waals surface area contributed by atoms with E-state index < -0.39 is 0 Å². The first kappa shape index (κ1) is 23.0. The molecule has 4 rings (SSSR count). The molecule has 3 aromatic rings. The number of hydrogen-bond acceptors (Lipinski definition) is 5. The van der Waals surface area contributed by atoms with Gasteiger partial charge in [-0.2, -0.15) is 0 Å². The number of nitrogens with two attached hydrogens (primary N) is 1. The van der Waals surface area contributed by atoms with E-state index in [0.29, 0.717) is 22.8 Å². The van der Waals surface area contributed by atoms with Gasteiger partial charge in [0.2, 0.25) is 0 Å². The van der Waals surface area contributed by atoms with Gasteiger partial charge >= 0.3 is 0 Å². The van der Waals surface area contributed by atoms with Crippen LogP contribution in [-0.2, 0) is 0 Å². The first-order chi connectivity index (χ1) is 16.0. The van der Waals surface area contributed by atoms with Crippen molar-refractivity contribution in [1.82, 2.24) is 9.88 Å². The number of likely N-dealkylation sites (tertiary alicyclic amines) is 1. The molecule has 1 fully saturated rings. The lowest BCUT2D eigenvalue weighted by atomic mass is 9.89. The maximum atomic E-state index is 13.2. The van der Waals surface area contributed by atoms with Gasteiger partial charge in [-0.15, -0.1) is 0 Å². The Bertz CT molecular complexity index is 1080. The first-order valence-electron chi connectivity index (χ1n) is 11.1. The van der Waals surface area contributed by atoms with Crippen molar-refractivity contribution < 1.29 is 9.59 Å². The average molecular weight is 463 g/mol. The van der Waals surface area contributed by atoms with Gasteiger partial charge in [0.1, 0.15) is 0 Å². The molecule has 0 saturated carbocycles. The molecule has 2 heterocycles. The molecule has 6 nitrogen and oxygen atoms in total. The number of carbonyl (C=O) groups is 2. The van der Waals surface area contributed by atoms with Gasteiger partial charge in [0.15, 0.2) is 5.78 Å². The summed E-state index contributed by atoms with van der Waals surface area (Å²) in [5.41, 5.74) is 8.45. The lowest BCUT2D eigenvalue weighted by Crippen LogP contribution is -2.43. The highest BCUT2D eigenvalue weighted by Crippen LogP contribution is 2.23. The van der Waals surface area contributed by atoms with Crippen molar-refractivity contribution in [3.8, 4) is 0 Å². The summed E-state index contributed by atoms with van der Waals surface area (Å²) in [6.45, 7) is 2.89. The number of piperidine rings is 1. The maximum Gasteiger partial charge on any atom is 0.258 e. The van der Waals surface area contributed by atoms with Crippen molar-refractivity contribution >= 4 is 34.7 Å². The highest BCUT2D eigenvalue weighted by atomic mass is 35.5. The van der Waals surface area contributed by atoms with Gasteiger partial charge in [-0.3, -0.25) is 14.6 Å². The van der Waals surface area contributed by atoms with Crippen LogP contribution in [0.3, 0.4) is 0 Å². The van der Waals surface area contributed by atoms with Crippen LogP contribution in [0.25, 0.3) is 0 Å². The van der Waals surface area contributed by atoms with E-state index in [9.17, 15) is 9.59 Å². The van der Waals surface area contributed by atoms with Crippen LogP contribution in [0, 0.1) is 5.92 Å². The summed E-state index contributed by atoms with van der Waals surface area (Å²) in [6, 6.07) is 17.8. The van der Waals surface area contributed by atoms with Gasteiger partial charge in [-0.05, 0) is 86.6 Å². The minimum Gasteiger partial charge on any atom is -0.399 e.